The highest BCUT2D eigenvalue weighted by Crippen LogP contribution is 2.35. The first kappa shape index (κ1) is 27.1. The van der Waals surface area contributed by atoms with E-state index in [1.54, 1.807) is 18.2 Å². The van der Waals surface area contributed by atoms with E-state index in [1.807, 2.05) is 6.92 Å². The molecule has 3 aromatic rings. The quantitative estimate of drug-likeness (QED) is 0.286. The summed E-state index contributed by atoms with van der Waals surface area (Å²) in [6.07, 6.45) is 1.19. The van der Waals surface area contributed by atoms with Crippen LogP contribution in [0.25, 0.3) is 6.08 Å². The first-order valence-electron chi connectivity index (χ1n) is 10.9. The average molecular weight is 577 g/mol. The Labute approximate surface area is 230 Å². The van der Waals surface area contributed by atoms with Crippen molar-refractivity contribution in [3.63, 3.8) is 0 Å². The number of amides is 5. The Balaban J connectivity index is 1.51. The lowest BCUT2D eigenvalue weighted by Crippen LogP contribution is -2.54. The van der Waals surface area contributed by atoms with Crippen molar-refractivity contribution in [2.45, 2.75) is 6.92 Å². The minimum absolute atomic E-state index is 0.00524. The molecule has 4 rings (SSSR count). The zero-order valence-electron chi connectivity index (χ0n) is 19.5. The SMILES string of the molecule is Cc1ccc(NC(=O)COc2c(Cl)cc(/C=C3\C(=O)NC(=O)N(c4ccc(F)cc4)C3=O)cc2Cl)cc1Cl. The lowest BCUT2D eigenvalue weighted by Gasteiger charge is -2.26. The maximum Gasteiger partial charge on any atom is 0.335 e. The Hall–Kier alpha value is -3.92. The zero-order valence-corrected chi connectivity index (χ0v) is 21.7. The number of urea groups is 1. The van der Waals surface area contributed by atoms with Gasteiger partial charge in [-0.05, 0) is 72.7 Å². The van der Waals surface area contributed by atoms with Crippen molar-refractivity contribution >= 4 is 76.0 Å². The van der Waals surface area contributed by atoms with Gasteiger partial charge >= 0.3 is 6.03 Å². The summed E-state index contributed by atoms with van der Waals surface area (Å²) in [5.41, 5.74) is 1.27. The minimum Gasteiger partial charge on any atom is -0.481 e. The van der Waals surface area contributed by atoms with E-state index in [4.69, 9.17) is 39.5 Å². The lowest BCUT2D eigenvalue weighted by molar-refractivity contribution is -0.122. The summed E-state index contributed by atoms with van der Waals surface area (Å²) in [4.78, 5) is 50.7. The second-order valence-corrected chi connectivity index (χ2v) is 9.27. The maximum atomic E-state index is 13.3. The van der Waals surface area contributed by atoms with E-state index in [9.17, 15) is 23.6 Å². The number of barbiturate groups is 1. The number of hydrogen-bond acceptors (Lipinski definition) is 5. The van der Waals surface area contributed by atoms with Crippen molar-refractivity contribution < 1.29 is 28.3 Å². The molecule has 0 radical (unpaired) electrons. The third-order valence-corrected chi connectivity index (χ3v) is 6.29. The molecule has 0 spiro atoms. The molecule has 12 heteroatoms. The first-order valence-corrected chi connectivity index (χ1v) is 12.0. The number of ether oxygens (including phenoxy) is 1. The van der Waals surface area contributed by atoms with Crippen molar-refractivity contribution in [3.8, 4) is 5.75 Å². The van der Waals surface area contributed by atoms with E-state index in [2.05, 4.69) is 10.6 Å². The molecule has 1 heterocycles. The second-order valence-electron chi connectivity index (χ2n) is 8.05. The Morgan fingerprint density at radius 1 is 1.00 bits per heavy atom. The fourth-order valence-electron chi connectivity index (χ4n) is 3.45. The number of halogens is 4. The van der Waals surface area contributed by atoms with Crippen LogP contribution in [-0.2, 0) is 14.4 Å². The van der Waals surface area contributed by atoms with Gasteiger partial charge < -0.3 is 10.1 Å². The number of anilines is 2. The van der Waals surface area contributed by atoms with Crippen LogP contribution >= 0.6 is 34.8 Å². The molecule has 1 fully saturated rings. The molecule has 1 aliphatic heterocycles. The monoisotopic (exact) mass is 575 g/mol. The highest BCUT2D eigenvalue weighted by Gasteiger charge is 2.36. The van der Waals surface area contributed by atoms with Gasteiger partial charge in [0.15, 0.2) is 12.4 Å². The van der Waals surface area contributed by atoms with E-state index < -0.39 is 36.2 Å². The van der Waals surface area contributed by atoms with Crippen LogP contribution in [0.1, 0.15) is 11.1 Å². The van der Waals surface area contributed by atoms with Crippen LogP contribution in [0, 0.1) is 12.7 Å². The molecule has 0 unspecified atom stereocenters. The number of carbonyl (C=O) groups excluding carboxylic acids is 4. The molecule has 1 saturated heterocycles. The van der Waals surface area contributed by atoms with Gasteiger partial charge in [0.1, 0.15) is 11.4 Å². The number of hydrogen-bond donors (Lipinski definition) is 2. The van der Waals surface area contributed by atoms with Gasteiger partial charge in [-0.25, -0.2) is 14.1 Å². The molecule has 5 amide bonds. The van der Waals surface area contributed by atoms with Crippen LogP contribution in [0.2, 0.25) is 15.1 Å². The van der Waals surface area contributed by atoms with Gasteiger partial charge in [-0.2, -0.15) is 0 Å². The molecule has 0 bridgehead atoms. The van der Waals surface area contributed by atoms with Crippen LogP contribution in [0.5, 0.6) is 5.75 Å². The van der Waals surface area contributed by atoms with Crippen LogP contribution in [0.4, 0.5) is 20.6 Å². The molecular weight excluding hydrogens is 560 g/mol. The molecule has 194 valence electrons. The van der Waals surface area contributed by atoms with Crippen LogP contribution in [-0.4, -0.2) is 30.4 Å². The van der Waals surface area contributed by atoms with Gasteiger partial charge in [0.05, 0.1) is 15.7 Å². The van der Waals surface area contributed by atoms with E-state index >= 15 is 0 Å². The highest BCUT2D eigenvalue weighted by molar-refractivity contribution is 6.40. The number of rotatable bonds is 6. The van der Waals surface area contributed by atoms with E-state index in [1.165, 1.54) is 30.3 Å². The van der Waals surface area contributed by atoms with Crippen molar-refractivity contribution in [1.82, 2.24) is 5.32 Å². The predicted molar refractivity (Wildman–Crippen MR) is 142 cm³/mol. The van der Waals surface area contributed by atoms with Gasteiger partial charge in [0.2, 0.25) is 0 Å². The summed E-state index contributed by atoms with van der Waals surface area (Å²) < 4.78 is 18.8. The Morgan fingerprint density at radius 3 is 2.29 bits per heavy atom. The summed E-state index contributed by atoms with van der Waals surface area (Å²) in [6.45, 7) is 1.42. The number of nitrogens with one attached hydrogen (secondary N) is 2. The third kappa shape index (κ3) is 5.96. The topological polar surface area (TPSA) is 105 Å². The highest BCUT2D eigenvalue weighted by atomic mass is 35.5. The van der Waals surface area contributed by atoms with Crippen molar-refractivity contribution in [2.24, 2.45) is 0 Å². The molecule has 2 N–H and O–H groups in total. The summed E-state index contributed by atoms with van der Waals surface area (Å²) in [6, 6.07) is 11.4. The Morgan fingerprint density at radius 2 is 1.66 bits per heavy atom. The number of benzene rings is 3. The third-order valence-electron chi connectivity index (χ3n) is 5.32. The van der Waals surface area contributed by atoms with E-state index in [-0.39, 0.29) is 32.6 Å². The van der Waals surface area contributed by atoms with Crippen LogP contribution < -0.4 is 20.3 Å². The lowest BCUT2D eigenvalue weighted by atomic mass is 10.1. The van der Waals surface area contributed by atoms with E-state index in [0.717, 1.165) is 17.7 Å². The van der Waals surface area contributed by atoms with Gasteiger partial charge in [0.25, 0.3) is 17.7 Å². The van der Waals surface area contributed by atoms with Crippen molar-refractivity contribution in [1.29, 1.82) is 0 Å². The maximum absolute atomic E-state index is 13.3. The molecule has 0 saturated carbocycles. The smallest absolute Gasteiger partial charge is 0.335 e. The molecule has 1 aliphatic rings. The van der Waals surface area contributed by atoms with Crippen molar-refractivity contribution in [3.05, 3.63) is 92.2 Å². The van der Waals surface area contributed by atoms with Gasteiger partial charge in [0, 0.05) is 10.7 Å². The van der Waals surface area contributed by atoms with Gasteiger partial charge in [-0.1, -0.05) is 40.9 Å². The van der Waals surface area contributed by atoms with E-state index in [0.29, 0.717) is 15.6 Å². The molecule has 0 aliphatic carbocycles. The number of nitrogens with zero attached hydrogens (tertiary/aromatic N) is 1. The largest absolute Gasteiger partial charge is 0.481 e. The summed E-state index contributed by atoms with van der Waals surface area (Å²) in [7, 11) is 0. The Bertz CT molecular complexity index is 1490. The number of imide groups is 2. The Kier molecular flexibility index (Phi) is 8.01. The second kappa shape index (κ2) is 11.2. The molecule has 3 aromatic carbocycles. The summed E-state index contributed by atoms with van der Waals surface area (Å²) in [5.74, 6) is -2.90. The average Bonchev–Trinajstić information content (AvgIpc) is 2.84. The fraction of sp³-hybridized carbons (Fsp3) is 0.0769. The summed E-state index contributed by atoms with van der Waals surface area (Å²) in [5, 5.41) is 5.21. The molecule has 0 atom stereocenters. The standard InChI is InChI=1S/C26H17Cl3FN3O5/c1-13-2-5-16(11-19(13)27)31-22(34)12-38-23-20(28)9-14(10-21(23)29)8-18-24(35)32-26(37)33(25(18)36)17-6-3-15(30)4-7-17/h2-11H,12H2,1H3,(H,31,34)(H,32,35,37)/b18-8+. The van der Waals surface area contributed by atoms with Crippen LogP contribution in [0.15, 0.2) is 60.2 Å². The normalized spacial score (nSPS) is 14.5. The first-order chi connectivity index (χ1) is 18.0. The molecule has 8 nitrogen and oxygen atoms in total. The molecular formula is C26H17Cl3FN3O5. The predicted octanol–water partition coefficient (Wildman–Crippen LogP) is 5.78. The zero-order chi connectivity index (χ0) is 27.6. The number of aryl methyl sites for hydroxylation is 1. The van der Waals surface area contributed by atoms with Crippen molar-refractivity contribution in [2.75, 3.05) is 16.8 Å². The van der Waals surface area contributed by atoms with Crippen LogP contribution in [0.3, 0.4) is 0 Å². The minimum atomic E-state index is -0.977. The molecule has 38 heavy (non-hydrogen) atoms. The fourth-order valence-corrected chi connectivity index (χ4v) is 4.25. The molecule has 0 aromatic heterocycles. The number of carbonyl (C=O) groups is 4. The van der Waals surface area contributed by atoms with Gasteiger partial charge in [-0.3, -0.25) is 19.7 Å². The summed E-state index contributed by atoms with van der Waals surface area (Å²) >= 11 is 18.7. The van der Waals surface area contributed by atoms with Gasteiger partial charge in [-0.15, -0.1) is 0 Å².